The molecule has 2 rings (SSSR count). The molecule has 19 heavy (non-hydrogen) atoms. The number of nitrogens with zero attached hydrogens (tertiary/aromatic N) is 1. The lowest BCUT2D eigenvalue weighted by Gasteiger charge is -2.13. The molecule has 1 atom stereocenters. The third kappa shape index (κ3) is 2.22. The summed E-state index contributed by atoms with van der Waals surface area (Å²) in [7, 11) is 0. The number of halogens is 1. The molecular weight excluding hydrogens is 264 g/mol. The van der Waals surface area contributed by atoms with Gasteiger partial charge in [0.25, 0.3) is 0 Å². The summed E-state index contributed by atoms with van der Waals surface area (Å²) in [6, 6.07) is 4.67. The fraction of sp³-hybridized carbons (Fsp3) is 0.357. The number of rotatable bonds is 3. The van der Waals surface area contributed by atoms with Gasteiger partial charge in [0, 0.05) is 33.2 Å². The monoisotopic (exact) mass is 280 g/mol. The first-order valence-corrected chi connectivity index (χ1v) is 6.50. The van der Waals surface area contributed by atoms with Gasteiger partial charge in [0.1, 0.15) is 6.04 Å². The summed E-state index contributed by atoms with van der Waals surface area (Å²) in [6.45, 7) is 6.00. The van der Waals surface area contributed by atoms with E-state index in [1.165, 1.54) is 0 Å². The molecule has 0 saturated carbocycles. The number of carboxylic acids is 1. The van der Waals surface area contributed by atoms with Crippen LogP contribution in [0.2, 0.25) is 5.02 Å². The van der Waals surface area contributed by atoms with Gasteiger partial charge in [0.05, 0.1) is 0 Å². The molecule has 4 nitrogen and oxygen atoms in total. The Morgan fingerprint density at radius 3 is 2.58 bits per heavy atom. The van der Waals surface area contributed by atoms with E-state index in [1.807, 2.05) is 13.0 Å². The molecule has 0 aliphatic heterocycles. The van der Waals surface area contributed by atoms with E-state index in [9.17, 15) is 4.79 Å². The van der Waals surface area contributed by atoms with E-state index in [0.29, 0.717) is 10.6 Å². The minimum atomic E-state index is -1.04. The Kier molecular flexibility index (Phi) is 3.56. The van der Waals surface area contributed by atoms with Gasteiger partial charge >= 0.3 is 5.97 Å². The highest BCUT2D eigenvalue weighted by molar-refractivity contribution is 6.31. The Morgan fingerprint density at radius 1 is 1.42 bits per heavy atom. The van der Waals surface area contributed by atoms with E-state index in [4.69, 9.17) is 22.4 Å². The van der Waals surface area contributed by atoms with Crippen molar-refractivity contribution < 1.29 is 9.90 Å². The van der Waals surface area contributed by atoms with E-state index < -0.39 is 12.0 Å². The second-order valence-electron chi connectivity index (χ2n) is 4.94. The number of benzene rings is 1. The van der Waals surface area contributed by atoms with Crippen LogP contribution in [0.1, 0.15) is 37.2 Å². The minimum absolute atomic E-state index is 0.221. The summed E-state index contributed by atoms with van der Waals surface area (Å²) < 4.78 is 2.09. The van der Waals surface area contributed by atoms with Gasteiger partial charge in [0.2, 0.25) is 0 Å². The average Bonchev–Trinajstić information content (AvgIpc) is 2.59. The van der Waals surface area contributed by atoms with E-state index in [0.717, 1.165) is 16.6 Å². The summed E-state index contributed by atoms with van der Waals surface area (Å²) in [5.74, 6) is -1.04. The zero-order valence-electron chi connectivity index (χ0n) is 11.1. The van der Waals surface area contributed by atoms with Gasteiger partial charge in [-0.15, -0.1) is 0 Å². The Bertz CT molecular complexity index is 646. The fourth-order valence-electron chi connectivity index (χ4n) is 2.62. The molecule has 0 radical (unpaired) electrons. The Labute approximate surface area is 116 Å². The third-order valence-electron chi connectivity index (χ3n) is 3.35. The average molecular weight is 281 g/mol. The van der Waals surface area contributed by atoms with Crippen molar-refractivity contribution in [3.8, 4) is 0 Å². The summed E-state index contributed by atoms with van der Waals surface area (Å²) in [4.78, 5) is 11.2. The van der Waals surface area contributed by atoms with E-state index >= 15 is 0 Å². The lowest BCUT2D eigenvalue weighted by molar-refractivity contribution is -0.138. The van der Waals surface area contributed by atoms with E-state index in [1.54, 1.807) is 12.1 Å². The number of hydrogen-bond donors (Lipinski definition) is 2. The van der Waals surface area contributed by atoms with Crippen LogP contribution in [0.25, 0.3) is 10.9 Å². The molecule has 0 aliphatic carbocycles. The maximum Gasteiger partial charge on any atom is 0.325 e. The molecule has 0 fully saturated rings. The van der Waals surface area contributed by atoms with Gasteiger partial charge in [-0.05, 0) is 39.0 Å². The van der Waals surface area contributed by atoms with E-state index in [-0.39, 0.29) is 6.04 Å². The SMILES string of the molecule is Cc1c(C(N)C(=O)O)c2cc(Cl)ccc2n1C(C)C. The summed E-state index contributed by atoms with van der Waals surface area (Å²) in [5.41, 5.74) is 8.29. The number of hydrogen-bond acceptors (Lipinski definition) is 2. The number of aliphatic carboxylic acids is 1. The zero-order valence-corrected chi connectivity index (χ0v) is 11.9. The van der Waals surface area contributed by atoms with Crippen molar-refractivity contribution in [3.05, 3.63) is 34.5 Å². The highest BCUT2D eigenvalue weighted by Crippen LogP contribution is 2.34. The smallest absolute Gasteiger partial charge is 0.325 e. The number of carboxylic acid groups (broad SMARTS) is 1. The van der Waals surface area contributed by atoms with Crippen LogP contribution in [0.15, 0.2) is 18.2 Å². The molecule has 0 bridgehead atoms. The van der Waals surface area contributed by atoms with Crippen LogP contribution in [0.3, 0.4) is 0 Å². The second kappa shape index (κ2) is 4.87. The maximum atomic E-state index is 11.2. The first-order chi connectivity index (χ1) is 8.84. The second-order valence-corrected chi connectivity index (χ2v) is 5.38. The molecule has 1 aromatic carbocycles. The van der Waals surface area contributed by atoms with Gasteiger partial charge in [-0.2, -0.15) is 0 Å². The van der Waals surface area contributed by atoms with Crippen LogP contribution in [0, 0.1) is 6.92 Å². The largest absolute Gasteiger partial charge is 0.480 e. The van der Waals surface area contributed by atoms with Crippen molar-refractivity contribution in [2.45, 2.75) is 32.9 Å². The Morgan fingerprint density at radius 2 is 2.05 bits per heavy atom. The van der Waals surface area contributed by atoms with Crippen LogP contribution in [0.4, 0.5) is 0 Å². The normalized spacial score (nSPS) is 13.2. The number of nitrogens with two attached hydrogens (primary N) is 1. The summed E-state index contributed by atoms with van der Waals surface area (Å²) in [6.07, 6.45) is 0. The van der Waals surface area contributed by atoms with Crippen LogP contribution >= 0.6 is 11.6 Å². The molecule has 1 heterocycles. The minimum Gasteiger partial charge on any atom is -0.480 e. The van der Waals surface area contributed by atoms with Gasteiger partial charge in [-0.25, -0.2) is 0 Å². The number of fused-ring (bicyclic) bond motifs is 1. The maximum absolute atomic E-state index is 11.2. The van der Waals surface area contributed by atoms with Crippen LogP contribution in [-0.4, -0.2) is 15.6 Å². The summed E-state index contributed by atoms with van der Waals surface area (Å²) in [5, 5.41) is 10.6. The standard InChI is InChI=1S/C14H17ClN2O2/c1-7(2)17-8(3)12(13(16)14(18)19)10-6-9(15)4-5-11(10)17/h4-7,13H,16H2,1-3H3,(H,18,19). The lowest BCUT2D eigenvalue weighted by atomic mass is 10.0. The highest BCUT2D eigenvalue weighted by Gasteiger charge is 2.24. The molecule has 5 heteroatoms. The van der Waals surface area contributed by atoms with Crippen molar-refractivity contribution in [2.75, 3.05) is 0 Å². The molecule has 0 aliphatic rings. The fourth-order valence-corrected chi connectivity index (χ4v) is 2.79. The van der Waals surface area contributed by atoms with Crippen LogP contribution < -0.4 is 5.73 Å². The van der Waals surface area contributed by atoms with Crippen LogP contribution in [-0.2, 0) is 4.79 Å². The first-order valence-electron chi connectivity index (χ1n) is 6.13. The molecule has 0 saturated heterocycles. The molecule has 102 valence electrons. The van der Waals surface area contributed by atoms with Gasteiger partial charge in [-0.3, -0.25) is 4.79 Å². The molecule has 2 aromatic rings. The Hall–Kier alpha value is -1.52. The van der Waals surface area contributed by atoms with Crippen molar-refractivity contribution >= 4 is 28.5 Å². The quantitative estimate of drug-likeness (QED) is 0.907. The van der Waals surface area contributed by atoms with Crippen molar-refractivity contribution in [1.29, 1.82) is 0 Å². The van der Waals surface area contributed by atoms with Crippen molar-refractivity contribution in [1.82, 2.24) is 4.57 Å². The molecule has 1 aromatic heterocycles. The van der Waals surface area contributed by atoms with Crippen molar-refractivity contribution in [3.63, 3.8) is 0 Å². The highest BCUT2D eigenvalue weighted by atomic mass is 35.5. The zero-order chi connectivity index (χ0) is 14.3. The molecule has 0 spiro atoms. The summed E-state index contributed by atoms with van der Waals surface area (Å²) >= 11 is 6.02. The molecular formula is C14H17ClN2O2. The molecule has 3 N–H and O–H groups in total. The van der Waals surface area contributed by atoms with Crippen LogP contribution in [0.5, 0.6) is 0 Å². The van der Waals surface area contributed by atoms with E-state index in [2.05, 4.69) is 18.4 Å². The van der Waals surface area contributed by atoms with Gasteiger partial charge in [0.15, 0.2) is 0 Å². The number of aromatic nitrogens is 1. The van der Waals surface area contributed by atoms with Gasteiger partial charge < -0.3 is 15.4 Å². The Balaban J connectivity index is 2.85. The molecule has 0 amide bonds. The predicted molar refractivity (Wildman–Crippen MR) is 76.6 cm³/mol. The molecule has 1 unspecified atom stereocenters. The third-order valence-corrected chi connectivity index (χ3v) is 3.59. The lowest BCUT2D eigenvalue weighted by Crippen LogP contribution is -2.21. The topological polar surface area (TPSA) is 68.2 Å². The number of carbonyl (C=O) groups is 1. The van der Waals surface area contributed by atoms with Gasteiger partial charge in [-0.1, -0.05) is 11.6 Å². The predicted octanol–water partition coefficient (Wildman–Crippen LogP) is 3.27. The first kappa shape index (κ1) is 13.9. The van der Waals surface area contributed by atoms with Crippen molar-refractivity contribution in [2.24, 2.45) is 5.73 Å².